The molecule has 3 rings (SSSR count). The van der Waals surface area contributed by atoms with Crippen molar-refractivity contribution >= 4 is 27.0 Å². The Labute approximate surface area is 152 Å². The van der Waals surface area contributed by atoms with Crippen LogP contribution in [0.15, 0.2) is 46.7 Å². The van der Waals surface area contributed by atoms with Crippen LogP contribution in [0.5, 0.6) is 0 Å². The van der Waals surface area contributed by atoms with Crippen molar-refractivity contribution < 1.29 is 21.6 Å². The number of sulfonamides is 1. The van der Waals surface area contributed by atoms with Gasteiger partial charge in [0.05, 0.1) is 10.6 Å². The van der Waals surface area contributed by atoms with Gasteiger partial charge in [0, 0.05) is 7.05 Å². The molecule has 2 heterocycles. The van der Waals surface area contributed by atoms with Crippen LogP contribution in [0, 0.1) is 6.92 Å². The summed E-state index contributed by atoms with van der Waals surface area (Å²) in [6.07, 6.45) is -4.54. The van der Waals surface area contributed by atoms with Crippen molar-refractivity contribution in [3.05, 3.63) is 53.7 Å². The molecule has 5 nitrogen and oxygen atoms in total. The Kier molecular flexibility index (Phi) is 4.57. The van der Waals surface area contributed by atoms with Crippen molar-refractivity contribution in [3.63, 3.8) is 0 Å². The fraction of sp³-hybridized carbons (Fsp3) is 0.188. The quantitative estimate of drug-likeness (QED) is 0.709. The first-order valence-electron chi connectivity index (χ1n) is 7.37. The number of alkyl halides is 3. The molecule has 0 spiro atoms. The molecule has 0 saturated heterocycles. The van der Waals surface area contributed by atoms with Gasteiger partial charge in [-0.1, -0.05) is 17.7 Å². The molecule has 2 aromatic heterocycles. The van der Waals surface area contributed by atoms with Crippen molar-refractivity contribution in [1.82, 2.24) is 10.2 Å². The number of aromatic nitrogens is 2. The lowest BCUT2D eigenvalue weighted by atomic mass is 10.2. The Balaban J connectivity index is 1.91. The number of H-pyrrole nitrogens is 1. The van der Waals surface area contributed by atoms with Crippen LogP contribution in [0.3, 0.4) is 0 Å². The largest absolute Gasteiger partial charge is 0.432 e. The monoisotopic (exact) mass is 401 g/mol. The van der Waals surface area contributed by atoms with Gasteiger partial charge in [-0.25, -0.2) is 8.42 Å². The Hall–Kier alpha value is -2.33. The number of halogens is 3. The van der Waals surface area contributed by atoms with Gasteiger partial charge in [-0.05, 0) is 37.3 Å². The van der Waals surface area contributed by atoms with E-state index in [2.05, 4.69) is 5.10 Å². The normalized spacial score (nSPS) is 12.3. The molecular formula is C16H14F3N3O2S2. The molecule has 0 radical (unpaired) electrons. The van der Waals surface area contributed by atoms with E-state index in [1.54, 1.807) is 24.3 Å². The maximum Gasteiger partial charge on any atom is 0.432 e. The number of nitrogens with zero attached hydrogens (tertiary/aromatic N) is 2. The molecule has 0 bridgehead atoms. The fourth-order valence-corrected chi connectivity index (χ4v) is 4.85. The smallest absolute Gasteiger partial charge is 0.273 e. The molecule has 3 aromatic rings. The number of rotatable bonds is 4. The molecule has 26 heavy (non-hydrogen) atoms. The van der Waals surface area contributed by atoms with Crippen LogP contribution in [0.2, 0.25) is 0 Å². The fourth-order valence-electron chi connectivity index (χ4n) is 2.22. The lowest BCUT2D eigenvalue weighted by molar-refractivity contribution is -0.141. The number of nitrogens with one attached hydrogen (secondary N) is 1. The van der Waals surface area contributed by atoms with Crippen LogP contribution in [0.4, 0.5) is 18.9 Å². The van der Waals surface area contributed by atoms with E-state index < -0.39 is 21.9 Å². The summed E-state index contributed by atoms with van der Waals surface area (Å²) in [6.45, 7) is 1.89. The lowest BCUT2D eigenvalue weighted by Crippen LogP contribution is -2.25. The number of hydrogen-bond acceptors (Lipinski definition) is 4. The molecule has 138 valence electrons. The van der Waals surface area contributed by atoms with E-state index in [4.69, 9.17) is 0 Å². The summed E-state index contributed by atoms with van der Waals surface area (Å²) in [5.74, 6) is 0. The number of aryl methyl sites for hydroxylation is 1. The van der Waals surface area contributed by atoms with Gasteiger partial charge < -0.3 is 0 Å². The van der Waals surface area contributed by atoms with Gasteiger partial charge in [0.1, 0.15) is 15.6 Å². The first kappa shape index (κ1) is 18.5. The molecule has 0 aliphatic heterocycles. The van der Waals surface area contributed by atoms with Crippen LogP contribution in [-0.2, 0) is 16.2 Å². The van der Waals surface area contributed by atoms with E-state index in [-0.39, 0.29) is 9.90 Å². The first-order chi connectivity index (χ1) is 12.1. The Morgan fingerprint density at radius 2 is 1.77 bits per heavy atom. The molecule has 0 fully saturated rings. The topological polar surface area (TPSA) is 66.1 Å². The molecule has 1 aromatic carbocycles. The number of hydrogen-bond donors (Lipinski definition) is 1. The molecular weight excluding hydrogens is 387 g/mol. The zero-order valence-electron chi connectivity index (χ0n) is 13.7. The third kappa shape index (κ3) is 3.47. The van der Waals surface area contributed by atoms with E-state index in [1.165, 1.54) is 19.2 Å². The minimum Gasteiger partial charge on any atom is -0.273 e. The Bertz CT molecular complexity index is 1020. The highest BCUT2D eigenvalue weighted by atomic mass is 32.2. The number of thiophene rings is 1. The summed E-state index contributed by atoms with van der Waals surface area (Å²) in [5, 5.41) is 5.54. The third-order valence-electron chi connectivity index (χ3n) is 3.73. The summed E-state index contributed by atoms with van der Waals surface area (Å²) >= 11 is 0.864. The van der Waals surface area contributed by atoms with Gasteiger partial charge in [0.25, 0.3) is 10.0 Å². The van der Waals surface area contributed by atoms with Crippen LogP contribution in [0.25, 0.3) is 10.6 Å². The van der Waals surface area contributed by atoms with Crippen molar-refractivity contribution in [2.45, 2.75) is 17.3 Å². The van der Waals surface area contributed by atoms with Gasteiger partial charge in [0.2, 0.25) is 0 Å². The zero-order chi connectivity index (χ0) is 19.1. The summed E-state index contributed by atoms with van der Waals surface area (Å²) in [7, 11) is -2.40. The third-order valence-corrected chi connectivity index (χ3v) is 7.09. The average Bonchev–Trinajstić information content (AvgIpc) is 3.23. The van der Waals surface area contributed by atoms with Crippen molar-refractivity contribution in [3.8, 4) is 10.6 Å². The van der Waals surface area contributed by atoms with Crippen LogP contribution >= 0.6 is 11.3 Å². The minimum atomic E-state index is -4.54. The highest BCUT2D eigenvalue weighted by molar-refractivity contribution is 7.94. The van der Waals surface area contributed by atoms with Crippen LogP contribution < -0.4 is 4.31 Å². The van der Waals surface area contributed by atoms with Crippen molar-refractivity contribution in [2.75, 3.05) is 11.4 Å². The zero-order valence-corrected chi connectivity index (χ0v) is 15.3. The Morgan fingerprint density at radius 3 is 2.35 bits per heavy atom. The van der Waals surface area contributed by atoms with Gasteiger partial charge in [-0.15, -0.1) is 11.3 Å². The molecule has 0 saturated carbocycles. The van der Waals surface area contributed by atoms with Crippen molar-refractivity contribution in [1.29, 1.82) is 0 Å². The average molecular weight is 401 g/mol. The standard InChI is InChI=1S/C16H14F3N3O2S2/c1-10-3-5-11(6-4-10)22(2)26(23,24)15-8-7-13(25-15)12-9-14(21-20-12)16(17,18)19/h3-9H,1-2H3,(H,20,21). The predicted octanol–water partition coefficient (Wildman–Crippen LogP) is 4.29. The second kappa shape index (κ2) is 6.44. The summed E-state index contributed by atoms with van der Waals surface area (Å²) in [6, 6.07) is 10.6. The molecule has 0 atom stereocenters. The highest BCUT2D eigenvalue weighted by Crippen LogP contribution is 2.35. The molecule has 0 aliphatic rings. The molecule has 1 N–H and O–H groups in total. The van der Waals surface area contributed by atoms with Gasteiger partial charge >= 0.3 is 6.18 Å². The minimum absolute atomic E-state index is 0.0205. The molecule has 0 amide bonds. The molecule has 0 unspecified atom stereocenters. The maximum absolute atomic E-state index is 12.8. The van der Waals surface area contributed by atoms with Gasteiger partial charge in [-0.3, -0.25) is 9.40 Å². The van der Waals surface area contributed by atoms with Crippen LogP contribution in [-0.4, -0.2) is 25.7 Å². The van der Waals surface area contributed by atoms with Gasteiger partial charge in [0.15, 0.2) is 0 Å². The van der Waals surface area contributed by atoms with Crippen LogP contribution in [0.1, 0.15) is 11.3 Å². The van der Waals surface area contributed by atoms with E-state index in [0.717, 1.165) is 27.3 Å². The number of benzene rings is 1. The maximum atomic E-state index is 12.8. The second-order valence-electron chi connectivity index (χ2n) is 5.59. The molecule has 10 heteroatoms. The second-order valence-corrected chi connectivity index (χ2v) is 8.87. The van der Waals surface area contributed by atoms with Crippen molar-refractivity contribution in [2.24, 2.45) is 0 Å². The first-order valence-corrected chi connectivity index (χ1v) is 9.63. The number of aromatic amines is 1. The van der Waals surface area contributed by atoms with E-state index in [1.807, 2.05) is 12.0 Å². The summed E-state index contributed by atoms with van der Waals surface area (Å²) < 4.78 is 64.7. The highest BCUT2D eigenvalue weighted by Gasteiger charge is 2.33. The Morgan fingerprint density at radius 1 is 1.12 bits per heavy atom. The molecule has 0 aliphatic carbocycles. The predicted molar refractivity (Wildman–Crippen MR) is 93.7 cm³/mol. The summed E-state index contributed by atoms with van der Waals surface area (Å²) in [4.78, 5) is 0.327. The van der Waals surface area contributed by atoms with Gasteiger partial charge in [-0.2, -0.15) is 18.3 Å². The SMILES string of the molecule is Cc1ccc(N(C)S(=O)(=O)c2ccc(-c3cc(C(F)(F)F)[nH]n3)s2)cc1. The summed E-state index contributed by atoms with van der Waals surface area (Å²) in [5.41, 5.74) is 0.547. The lowest BCUT2D eigenvalue weighted by Gasteiger charge is -2.18. The van der Waals surface area contributed by atoms with E-state index >= 15 is 0 Å². The van der Waals surface area contributed by atoms with E-state index in [9.17, 15) is 21.6 Å². The van der Waals surface area contributed by atoms with E-state index in [0.29, 0.717) is 10.6 Å². The number of anilines is 1.